The van der Waals surface area contributed by atoms with Gasteiger partial charge in [0.05, 0.1) is 6.61 Å². The lowest BCUT2D eigenvalue weighted by Gasteiger charge is -2.33. The maximum Gasteiger partial charge on any atom is 0.370 e. The lowest BCUT2D eigenvalue weighted by Crippen LogP contribution is -2.32. The first kappa shape index (κ1) is 27.4. The fraction of sp³-hybridized carbons (Fsp3) is 0.333. The van der Waals surface area contributed by atoms with E-state index in [1.54, 1.807) is 25.1 Å². The van der Waals surface area contributed by atoms with E-state index in [0.29, 0.717) is 12.0 Å². The van der Waals surface area contributed by atoms with E-state index < -0.39 is 26.7 Å². The highest BCUT2D eigenvalue weighted by molar-refractivity contribution is 7.72. The van der Waals surface area contributed by atoms with E-state index in [2.05, 4.69) is 0 Å². The summed E-state index contributed by atoms with van der Waals surface area (Å²) < 4.78 is 30.2. The summed E-state index contributed by atoms with van der Waals surface area (Å²) >= 11 is 0. The summed E-state index contributed by atoms with van der Waals surface area (Å²) in [6.07, 6.45) is 4.17. The van der Waals surface area contributed by atoms with Crippen LogP contribution in [0.1, 0.15) is 45.6 Å². The van der Waals surface area contributed by atoms with Crippen LogP contribution in [0, 0.1) is 0 Å². The molecule has 0 radical (unpaired) electrons. The van der Waals surface area contributed by atoms with Gasteiger partial charge in [-0.15, -0.1) is 0 Å². The lowest BCUT2D eigenvalue weighted by atomic mass is 10.0. The molecule has 0 spiro atoms. The van der Waals surface area contributed by atoms with Crippen LogP contribution in [0.15, 0.2) is 77.9 Å². The van der Waals surface area contributed by atoms with E-state index in [1.807, 2.05) is 56.3 Å². The molecule has 7 nitrogen and oxygen atoms in total. The molecule has 0 saturated heterocycles. The molecule has 0 unspecified atom stereocenters. The second kappa shape index (κ2) is 11.5. The molecule has 0 bridgehead atoms. The zero-order chi connectivity index (χ0) is 24.7. The van der Waals surface area contributed by atoms with E-state index in [0.717, 1.165) is 28.7 Å². The van der Waals surface area contributed by atoms with Crippen LogP contribution in [0.5, 0.6) is 0 Å². The van der Waals surface area contributed by atoms with Crippen molar-refractivity contribution in [3.05, 3.63) is 83.5 Å². The van der Waals surface area contributed by atoms with Crippen molar-refractivity contribution in [1.82, 2.24) is 0 Å². The third-order valence-corrected chi connectivity index (χ3v) is 9.23. The van der Waals surface area contributed by atoms with E-state index in [1.165, 1.54) is 6.08 Å². The van der Waals surface area contributed by atoms with Crippen LogP contribution < -0.4 is 0 Å². The minimum Gasteiger partial charge on any atom is -0.347 e. The summed E-state index contributed by atoms with van der Waals surface area (Å²) in [6, 6.07) is 16.6. The van der Waals surface area contributed by atoms with Crippen molar-refractivity contribution in [3.63, 3.8) is 0 Å². The Morgan fingerprint density at radius 1 is 0.879 bits per heavy atom. The van der Waals surface area contributed by atoms with E-state index in [9.17, 15) is 28.7 Å². The van der Waals surface area contributed by atoms with Gasteiger partial charge in [0.15, 0.2) is 0 Å². The van der Waals surface area contributed by atoms with Crippen molar-refractivity contribution in [2.45, 2.75) is 51.7 Å². The summed E-state index contributed by atoms with van der Waals surface area (Å²) in [6.45, 7) is 5.31. The van der Waals surface area contributed by atoms with Crippen molar-refractivity contribution >= 4 is 15.2 Å². The van der Waals surface area contributed by atoms with Gasteiger partial charge in [0, 0.05) is 6.42 Å². The number of hydrogen-bond acceptors (Lipinski definition) is 3. The summed E-state index contributed by atoms with van der Waals surface area (Å²) in [7, 11) is -10.7. The second-order valence-corrected chi connectivity index (χ2v) is 12.2. The molecule has 9 heteroatoms. The van der Waals surface area contributed by atoms with Gasteiger partial charge in [-0.3, -0.25) is 9.13 Å². The van der Waals surface area contributed by atoms with Gasteiger partial charge in [-0.05, 0) is 56.4 Å². The smallest absolute Gasteiger partial charge is 0.347 e. The van der Waals surface area contributed by atoms with Gasteiger partial charge < -0.3 is 24.3 Å². The highest BCUT2D eigenvalue weighted by Crippen LogP contribution is 2.71. The molecule has 0 aliphatic rings. The standard InChI is InChI=1S/C24H32O7P2/c1-19(2)9-7-10-20(3)15-16-24(32(25,26)27,33(28,29)30)31-18-21-11-8-14-23(17-21)22-12-5-4-6-13-22/h4-6,8-9,11-15,17H,7,10,16,18H2,1-3H3,(H2,25,26,27)(H2,28,29,30)/b20-15+. The first-order valence-corrected chi connectivity index (χ1v) is 13.8. The van der Waals surface area contributed by atoms with Crippen molar-refractivity contribution in [2.75, 3.05) is 0 Å². The summed E-state index contributed by atoms with van der Waals surface area (Å²) in [5, 5.41) is -2.96. The highest BCUT2D eigenvalue weighted by atomic mass is 31.2. The molecule has 0 amide bonds. The van der Waals surface area contributed by atoms with E-state index >= 15 is 0 Å². The Labute approximate surface area is 195 Å². The van der Waals surface area contributed by atoms with Gasteiger partial charge in [-0.1, -0.05) is 71.8 Å². The van der Waals surface area contributed by atoms with Crippen LogP contribution in [0.4, 0.5) is 0 Å². The molecule has 0 fully saturated rings. The monoisotopic (exact) mass is 494 g/mol. The van der Waals surface area contributed by atoms with Gasteiger partial charge in [0.25, 0.3) is 5.08 Å². The van der Waals surface area contributed by atoms with Gasteiger partial charge in [0.2, 0.25) is 0 Å². The molecule has 33 heavy (non-hydrogen) atoms. The topological polar surface area (TPSA) is 124 Å². The molecule has 0 aliphatic heterocycles. The number of benzene rings is 2. The van der Waals surface area contributed by atoms with Crippen LogP contribution in [-0.2, 0) is 20.5 Å². The van der Waals surface area contributed by atoms with Crippen molar-refractivity contribution in [1.29, 1.82) is 0 Å². The largest absolute Gasteiger partial charge is 0.370 e. The van der Waals surface area contributed by atoms with E-state index in [-0.39, 0.29) is 6.61 Å². The molecule has 4 N–H and O–H groups in total. The SMILES string of the molecule is CC(C)=CCC/C(C)=C/CC(OCc1cccc(-c2ccccc2)c1)(P(=O)(O)O)P(=O)(O)O. The van der Waals surface area contributed by atoms with Crippen molar-refractivity contribution in [2.24, 2.45) is 0 Å². The number of ether oxygens (including phenoxy) is 1. The molecular formula is C24H32O7P2. The molecule has 0 aliphatic carbocycles. The molecule has 0 aromatic heterocycles. The average Bonchev–Trinajstić information content (AvgIpc) is 2.72. The second-order valence-electron chi connectivity index (χ2n) is 8.26. The summed E-state index contributed by atoms with van der Waals surface area (Å²) in [5.41, 5.74) is 4.22. The van der Waals surface area contributed by atoms with Gasteiger partial charge in [-0.25, -0.2) is 0 Å². The molecule has 0 saturated carbocycles. The number of allylic oxidation sites excluding steroid dienone is 3. The maximum atomic E-state index is 12.4. The number of rotatable bonds is 11. The first-order valence-electron chi connectivity index (χ1n) is 10.5. The van der Waals surface area contributed by atoms with Gasteiger partial charge in [0.1, 0.15) is 0 Å². The Hall–Kier alpha value is -1.82. The fourth-order valence-corrected chi connectivity index (χ4v) is 5.78. The highest BCUT2D eigenvalue weighted by Gasteiger charge is 2.61. The van der Waals surface area contributed by atoms with E-state index in [4.69, 9.17) is 4.74 Å². The van der Waals surface area contributed by atoms with Crippen LogP contribution in [-0.4, -0.2) is 24.7 Å². The van der Waals surface area contributed by atoms with Crippen LogP contribution in [0.3, 0.4) is 0 Å². The molecule has 180 valence electrons. The Bertz CT molecular complexity index is 1060. The molecule has 2 aromatic carbocycles. The van der Waals surface area contributed by atoms with Crippen molar-refractivity contribution < 1.29 is 33.4 Å². The molecular weight excluding hydrogens is 462 g/mol. The van der Waals surface area contributed by atoms with Crippen molar-refractivity contribution in [3.8, 4) is 11.1 Å². The Kier molecular flexibility index (Phi) is 9.59. The van der Waals surface area contributed by atoms with Crippen LogP contribution in [0.25, 0.3) is 11.1 Å². The predicted octanol–water partition coefficient (Wildman–Crippen LogP) is 5.96. The van der Waals surface area contributed by atoms with Gasteiger partial charge in [-0.2, -0.15) is 0 Å². The molecule has 2 rings (SSSR count). The zero-order valence-electron chi connectivity index (χ0n) is 19.1. The fourth-order valence-electron chi connectivity index (χ4n) is 3.30. The third-order valence-electron chi connectivity index (χ3n) is 5.22. The van der Waals surface area contributed by atoms with Gasteiger partial charge >= 0.3 is 15.2 Å². The molecule has 0 heterocycles. The normalized spacial score (nSPS) is 13.1. The maximum absolute atomic E-state index is 12.4. The summed E-state index contributed by atoms with van der Waals surface area (Å²) in [4.78, 5) is 40.0. The Balaban J connectivity index is 2.31. The average molecular weight is 494 g/mol. The number of hydrogen-bond donors (Lipinski definition) is 4. The predicted molar refractivity (Wildman–Crippen MR) is 131 cm³/mol. The molecule has 2 aromatic rings. The quantitative estimate of drug-likeness (QED) is 0.224. The Morgan fingerprint density at radius 3 is 2.06 bits per heavy atom. The first-order chi connectivity index (χ1) is 15.4. The zero-order valence-corrected chi connectivity index (χ0v) is 20.9. The molecule has 0 atom stereocenters. The minimum atomic E-state index is -5.37. The Morgan fingerprint density at radius 2 is 1.48 bits per heavy atom. The lowest BCUT2D eigenvalue weighted by molar-refractivity contribution is 0.0270. The summed E-state index contributed by atoms with van der Waals surface area (Å²) in [5.74, 6) is 0. The minimum absolute atomic E-state index is 0.373. The third kappa shape index (κ3) is 7.59. The van der Waals surface area contributed by atoms with Crippen LogP contribution >= 0.6 is 15.2 Å². The van der Waals surface area contributed by atoms with Crippen LogP contribution in [0.2, 0.25) is 0 Å².